The molecule has 0 spiro atoms. The Bertz CT molecular complexity index is 505. The number of aryl methyl sites for hydroxylation is 1. The van der Waals surface area contributed by atoms with Crippen molar-refractivity contribution in [3.05, 3.63) is 71.0 Å². The van der Waals surface area contributed by atoms with Gasteiger partial charge in [0.25, 0.3) is 0 Å². The SMILES string of the molecule is CCc1ccc(C(NC)c2cccc(F)c2)cc1. The molecule has 18 heavy (non-hydrogen) atoms. The maximum absolute atomic E-state index is 13.3. The first-order valence-electron chi connectivity index (χ1n) is 6.26. The minimum absolute atomic E-state index is 0.0339. The Kier molecular flexibility index (Phi) is 4.11. The molecule has 2 heteroatoms. The zero-order valence-electron chi connectivity index (χ0n) is 10.8. The fourth-order valence-electron chi connectivity index (χ4n) is 2.16. The summed E-state index contributed by atoms with van der Waals surface area (Å²) in [7, 11) is 1.89. The van der Waals surface area contributed by atoms with Crippen LogP contribution in [0.4, 0.5) is 4.39 Å². The highest BCUT2D eigenvalue weighted by atomic mass is 19.1. The molecule has 2 aromatic carbocycles. The van der Waals surface area contributed by atoms with E-state index in [9.17, 15) is 4.39 Å². The topological polar surface area (TPSA) is 12.0 Å². The maximum Gasteiger partial charge on any atom is 0.123 e. The summed E-state index contributed by atoms with van der Waals surface area (Å²) in [5.41, 5.74) is 3.41. The molecule has 0 bridgehead atoms. The fraction of sp³-hybridized carbons (Fsp3) is 0.250. The van der Waals surface area contributed by atoms with Gasteiger partial charge < -0.3 is 5.32 Å². The Morgan fingerprint density at radius 3 is 2.33 bits per heavy atom. The molecule has 0 heterocycles. The number of benzene rings is 2. The molecule has 0 aliphatic heterocycles. The zero-order chi connectivity index (χ0) is 13.0. The molecule has 0 saturated carbocycles. The lowest BCUT2D eigenvalue weighted by Gasteiger charge is -2.17. The first-order valence-corrected chi connectivity index (χ1v) is 6.26. The van der Waals surface area contributed by atoms with Crippen LogP contribution in [-0.2, 0) is 6.42 Å². The molecular formula is C16H18FN. The predicted octanol–water partition coefficient (Wildman–Crippen LogP) is 3.70. The third-order valence-corrected chi connectivity index (χ3v) is 3.19. The van der Waals surface area contributed by atoms with E-state index in [0.29, 0.717) is 0 Å². The molecule has 0 aromatic heterocycles. The minimum Gasteiger partial charge on any atom is -0.309 e. The van der Waals surface area contributed by atoms with Gasteiger partial charge in [-0.1, -0.05) is 43.3 Å². The summed E-state index contributed by atoms with van der Waals surface area (Å²) in [4.78, 5) is 0. The molecule has 94 valence electrons. The van der Waals surface area contributed by atoms with Crippen LogP contribution >= 0.6 is 0 Å². The summed E-state index contributed by atoms with van der Waals surface area (Å²) in [6, 6.07) is 15.2. The van der Waals surface area contributed by atoms with Crippen molar-refractivity contribution in [1.29, 1.82) is 0 Å². The lowest BCUT2D eigenvalue weighted by Crippen LogP contribution is -2.17. The summed E-state index contributed by atoms with van der Waals surface area (Å²) in [5, 5.41) is 3.23. The maximum atomic E-state index is 13.3. The second kappa shape index (κ2) is 5.78. The number of halogens is 1. The summed E-state index contributed by atoms with van der Waals surface area (Å²) >= 11 is 0. The molecule has 0 saturated heterocycles. The van der Waals surface area contributed by atoms with Crippen LogP contribution in [0.3, 0.4) is 0 Å². The Labute approximate surface area is 108 Å². The Morgan fingerprint density at radius 2 is 1.78 bits per heavy atom. The van der Waals surface area contributed by atoms with Crippen LogP contribution in [0, 0.1) is 5.82 Å². The molecule has 0 radical (unpaired) electrons. The smallest absolute Gasteiger partial charge is 0.123 e. The van der Waals surface area contributed by atoms with Gasteiger partial charge in [0.1, 0.15) is 5.82 Å². The van der Waals surface area contributed by atoms with Gasteiger partial charge in [0, 0.05) is 0 Å². The van der Waals surface area contributed by atoms with Gasteiger partial charge in [-0.2, -0.15) is 0 Å². The lowest BCUT2D eigenvalue weighted by molar-refractivity contribution is 0.616. The molecule has 1 unspecified atom stereocenters. The first-order chi connectivity index (χ1) is 8.74. The van der Waals surface area contributed by atoms with E-state index in [4.69, 9.17) is 0 Å². The number of hydrogen-bond acceptors (Lipinski definition) is 1. The summed E-state index contributed by atoms with van der Waals surface area (Å²) < 4.78 is 13.3. The lowest BCUT2D eigenvalue weighted by atomic mass is 9.97. The highest BCUT2D eigenvalue weighted by Gasteiger charge is 2.12. The molecule has 0 fully saturated rings. The van der Waals surface area contributed by atoms with E-state index in [1.165, 1.54) is 11.6 Å². The van der Waals surface area contributed by atoms with E-state index in [-0.39, 0.29) is 11.9 Å². The summed E-state index contributed by atoms with van der Waals surface area (Å²) in [5.74, 6) is -0.196. The molecule has 2 aromatic rings. The van der Waals surface area contributed by atoms with Crippen molar-refractivity contribution in [2.75, 3.05) is 7.05 Å². The summed E-state index contributed by atoms with van der Waals surface area (Å²) in [6.07, 6.45) is 1.03. The number of rotatable bonds is 4. The van der Waals surface area contributed by atoms with Crippen molar-refractivity contribution >= 4 is 0 Å². The molecule has 1 atom stereocenters. The van der Waals surface area contributed by atoms with Gasteiger partial charge in [-0.25, -0.2) is 4.39 Å². The average Bonchev–Trinajstić information content (AvgIpc) is 2.40. The molecule has 0 amide bonds. The van der Waals surface area contributed by atoms with E-state index < -0.39 is 0 Å². The normalized spacial score (nSPS) is 12.4. The molecular weight excluding hydrogens is 225 g/mol. The molecule has 1 nitrogen and oxygen atoms in total. The van der Waals surface area contributed by atoms with E-state index >= 15 is 0 Å². The predicted molar refractivity (Wildman–Crippen MR) is 73.1 cm³/mol. The van der Waals surface area contributed by atoms with Crippen LogP contribution in [0.5, 0.6) is 0 Å². The van der Waals surface area contributed by atoms with Crippen LogP contribution in [0.1, 0.15) is 29.7 Å². The van der Waals surface area contributed by atoms with Crippen LogP contribution in [0.15, 0.2) is 48.5 Å². The van der Waals surface area contributed by atoms with E-state index in [2.05, 4.69) is 36.5 Å². The van der Waals surface area contributed by atoms with Crippen molar-refractivity contribution in [2.24, 2.45) is 0 Å². The Morgan fingerprint density at radius 1 is 1.06 bits per heavy atom. The van der Waals surface area contributed by atoms with Gasteiger partial charge in [-0.15, -0.1) is 0 Å². The largest absolute Gasteiger partial charge is 0.309 e. The molecule has 2 rings (SSSR count). The highest BCUT2D eigenvalue weighted by Crippen LogP contribution is 2.22. The van der Waals surface area contributed by atoms with Gasteiger partial charge >= 0.3 is 0 Å². The number of nitrogens with one attached hydrogen (secondary N) is 1. The van der Waals surface area contributed by atoms with E-state index in [1.54, 1.807) is 12.1 Å². The van der Waals surface area contributed by atoms with Crippen LogP contribution in [0.2, 0.25) is 0 Å². The van der Waals surface area contributed by atoms with E-state index in [1.807, 2.05) is 13.1 Å². The average molecular weight is 243 g/mol. The number of hydrogen-bond donors (Lipinski definition) is 1. The van der Waals surface area contributed by atoms with Crippen molar-refractivity contribution in [2.45, 2.75) is 19.4 Å². The van der Waals surface area contributed by atoms with Gasteiger partial charge in [0.15, 0.2) is 0 Å². The minimum atomic E-state index is -0.196. The van der Waals surface area contributed by atoms with Gasteiger partial charge in [-0.05, 0) is 42.3 Å². The van der Waals surface area contributed by atoms with Crippen LogP contribution in [0.25, 0.3) is 0 Å². The second-order valence-electron chi connectivity index (χ2n) is 4.37. The standard InChI is InChI=1S/C16H18FN/c1-3-12-7-9-13(10-8-12)16(18-2)14-5-4-6-15(17)11-14/h4-11,16,18H,3H2,1-2H3. The summed E-state index contributed by atoms with van der Waals surface area (Å²) in [6.45, 7) is 2.14. The third-order valence-electron chi connectivity index (χ3n) is 3.19. The quantitative estimate of drug-likeness (QED) is 0.863. The first kappa shape index (κ1) is 12.8. The fourth-order valence-corrected chi connectivity index (χ4v) is 2.16. The van der Waals surface area contributed by atoms with Gasteiger partial charge in [-0.3, -0.25) is 0 Å². The van der Waals surface area contributed by atoms with Crippen molar-refractivity contribution in [1.82, 2.24) is 5.32 Å². The van der Waals surface area contributed by atoms with Crippen molar-refractivity contribution in [3.8, 4) is 0 Å². The Hall–Kier alpha value is -1.67. The van der Waals surface area contributed by atoms with Crippen molar-refractivity contribution in [3.63, 3.8) is 0 Å². The van der Waals surface area contributed by atoms with Gasteiger partial charge in [0.05, 0.1) is 6.04 Å². The third kappa shape index (κ3) is 2.77. The highest BCUT2D eigenvalue weighted by molar-refractivity contribution is 5.33. The zero-order valence-corrected chi connectivity index (χ0v) is 10.8. The van der Waals surface area contributed by atoms with Crippen LogP contribution < -0.4 is 5.32 Å². The van der Waals surface area contributed by atoms with E-state index in [0.717, 1.165) is 17.5 Å². The Balaban J connectivity index is 2.32. The molecule has 1 N–H and O–H groups in total. The molecule has 0 aliphatic rings. The molecule has 0 aliphatic carbocycles. The second-order valence-corrected chi connectivity index (χ2v) is 4.37. The van der Waals surface area contributed by atoms with Crippen molar-refractivity contribution < 1.29 is 4.39 Å². The monoisotopic (exact) mass is 243 g/mol. The van der Waals surface area contributed by atoms with Crippen LogP contribution in [-0.4, -0.2) is 7.05 Å². The van der Waals surface area contributed by atoms with Gasteiger partial charge in [0.2, 0.25) is 0 Å².